The molecule has 1 heterocycles. The minimum absolute atomic E-state index is 0.271. The summed E-state index contributed by atoms with van der Waals surface area (Å²) in [5.74, 6) is -0.602. The molecule has 7 nitrogen and oxygen atoms in total. The number of amides is 1. The minimum Gasteiger partial charge on any atom is -0.497 e. The van der Waals surface area contributed by atoms with Crippen LogP contribution in [-0.2, 0) is 9.59 Å². The summed E-state index contributed by atoms with van der Waals surface area (Å²) in [4.78, 5) is 25.2. The number of nitrogens with zero attached hydrogens (tertiary/aromatic N) is 3. The van der Waals surface area contributed by atoms with Crippen molar-refractivity contribution in [2.75, 3.05) is 12.0 Å². The van der Waals surface area contributed by atoms with Crippen LogP contribution < -0.4 is 9.64 Å². The van der Waals surface area contributed by atoms with E-state index in [4.69, 9.17) is 9.84 Å². The van der Waals surface area contributed by atoms with Gasteiger partial charge in [0, 0.05) is 0 Å². The van der Waals surface area contributed by atoms with Crippen LogP contribution in [0.25, 0.3) is 0 Å². The molecule has 0 aromatic heterocycles. The summed E-state index contributed by atoms with van der Waals surface area (Å²) in [6.45, 7) is 1.95. The predicted molar refractivity (Wildman–Crippen MR) is 110 cm³/mol. The highest BCUT2D eigenvalue weighted by molar-refractivity contribution is 8.16. The van der Waals surface area contributed by atoms with E-state index in [1.54, 1.807) is 25.5 Å². The molecule has 0 unspecified atom stereocenters. The summed E-state index contributed by atoms with van der Waals surface area (Å²) in [5.41, 5.74) is 2.51. The molecule has 28 heavy (non-hydrogen) atoms. The highest BCUT2D eigenvalue weighted by Crippen LogP contribution is 2.33. The molecule has 1 atom stereocenters. The number of carboxylic acids is 1. The van der Waals surface area contributed by atoms with Gasteiger partial charge in [-0.05, 0) is 48.9 Å². The van der Waals surface area contributed by atoms with Crippen LogP contribution in [0, 0.1) is 6.92 Å². The first-order valence-electron chi connectivity index (χ1n) is 8.52. The van der Waals surface area contributed by atoms with Gasteiger partial charge in [0.2, 0.25) is 5.91 Å². The molecular formula is C20H19N3O4S. The topological polar surface area (TPSA) is 91.6 Å². The smallest absolute Gasteiger partial charge is 0.305 e. The number of carbonyl (C=O) groups excluding carboxylic acids is 1. The summed E-state index contributed by atoms with van der Waals surface area (Å²) in [5, 5.41) is 17.0. The van der Waals surface area contributed by atoms with E-state index in [2.05, 4.69) is 10.2 Å². The Labute approximate surface area is 166 Å². The molecule has 1 saturated heterocycles. The lowest BCUT2D eigenvalue weighted by molar-refractivity contribution is -0.138. The van der Waals surface area contributed by atoms with Gasteiger partial charge in [0.1, 0.15) is 11.0 Å². The largest absolute Gasteiger partial charge is 0.497 e. The predicted octanol–water partition coefficient (Wildman–Crippen LogP) is 3.32. The third-order valence-corrected chi connectivity index (χ3v) is 5.18. The number of methoxy groups -OCH3 is 1. The number of carbonyl (C=O) groups is 2. The molecule has 2 aromatic rings. The number of anilines is 1. The van der Waals surface area contributed by atoms with Crippen LogP contribution in [0.2, 0.25) is 0 Å². The number of ether oxygens (including phenoxy) is 1. The normalized spacial score (nSPS) is 18.2. The lowest BCUT2D eigenvalue weighted by atomic mass is 10.2. The lowest BCUT2D eigenvalue weighted by Crippen LogP contribution is -2.32. The van der Waals surface area contributed by atoms with Crippen molar-refractivity contribution >= 4 is 40.7 Å². The average molecular weight is 397 g/mol. The number of aliphatic carboxylic acids is 1. The van der Waals surface area contributed by atoms with Crippen molar-refractivity contribution in [3.8, 4) is 5.75 Å². The molecule has 0 radical (unpaired) electrons. The van der Waals surface area contributed by atoms with Gasteiger partial charge in [-0.2, -0.15) is 5.10 Å². The molecular weight excluding hydrogens is 378 g/mol. The molecule has 144 valence electrons. The Morgan fingerprint density at radius 3 is 2.50 bits per heavy atom. The average Bonchev–Trinajstić information content (AvgIpc) is 2.98. The SMILES string of the molecule is COc1ccc(/C=N\N=C2\S[C@H](CC(=O)O)C(=O)N2c2ccc(C)cc2)cc1. The van der Waals surface area contributed by atoms with E-state index in [9.17, 15) is 9.59 Å². The van der Waals surface area contributed by atoms with Crippen molar-refractivity contribution in [1.29, 1.82) is 0 Å². The maximum Gasteiger partial charge on any atom is 0.305 e. The van der Waals surface area contributed by atoms with E-state index in [1.807, 2.05) is 43.3 Å². The molecule has 2 aromatic carbocycles. The first-order valence-corrected chi connectivity index (χ1v) is 9.40. The number of aryl methyl sites for hydroxylation is 1. The van der Waals surface area contributed by atoms with Crippen LogP contribution in [0.4, 0.5) is 5.69 Å². The second-order valence-electron chi connectivity index (χ2n) is 6.11. The van der Waals surface area contributed by atoms with Gasteiger partial charge in [-0.1, -0.05) is 29.5 Å². The number of hydrogen-bond donors (Lipinski definition) is 1. The van der Waals surface area contributed by atoms with E-state index in [0.29, 0.717) is 10.9 Å². The maximum atomic E-state index is 12.7. The summed E-state index contributed by atoms with van der Waals surface area (Å²) < 4.78 is 5.11. The molecule has 0 aliphatic carbocycles. The molecule has 1 aliphatic heterocycles. The Morgan fingerprint density at radius 2 is 1.89 bits per heavy atom. The molecule has 1 aliphatic rings. The third kappa shape index (κ3) is 4.58. The van der Waals surface area contributed by atoms with Gasteiger partial charge >= 0.3 is 5.97 Å². The van der Waals surface area contributed by atoms with Crippen molar-refractivity contribution in [3.05, 3.63) is 59.7 Å². The van der Waals surface area contributed by atoms with Crippen LogP contribution in [0.15, 0.2) is 58.7 Å². The molecule has 1 amide bonds. The van der Waals surface area contributed by atoms with Crippen molar-refractivity contribution in [2.45, 2.75) is 18.6 Å². The highest BCUT2D eigenvalue weighted by Gasteiger charge is 2.40. The number of rotatable bonds is 6. The molecule has 8 heteroatoms. The van der Waals surface area contributed by atoms with Crippen LogP contribution in [0.1, 0.15) is 17.5 Å². The van der Waals surface area contributed by atoms with Crippen molar-refractivity contribution in [1.82, 2.24) is 0 Å². The van der Waals surface area contributed by atoms with Gasteiger partial charge < -0.3 is 9.84 Å². The fourth-order valence-corrected chi connectivity index (χ4v) is 3.67. The zero-order valence-corrected chi connectivity index (χ0v) is 16.2. The van der Waals surface area contributed by atoms with Crippen LogP contribution in [-0.4, -0.2) is 40.7 Å². The Morgan fingerprint density at radius 1 is 1.21 bits per heavy atom. The number of thioether (sulfide) groups is 1. The standard InChI is InChI=1S/C20H19N3O4S/c1-13-3-7-15(8-4-13)23-19(26)17(11-18(24)25)28-20(23)22-21-12-14-5-9-16(27-2)10-6-14/h3-10,12,17H,11H2,1-2H3,(H,24,25)/b21-12-,22-20+/t17-/m1/s1. The van der Waals surface area contributed by atoms with Crippen molar-refractivity contribution in [2.24, 2.45) is 10.2 Å². The fraction of sp³-hybridized carbons (Fsp3) is 0.200. The first kappa shape index (κ1) is 19.6. The molecule has 1 N–H and O–H groups in total. The van der Waals surface area contributed by atoms with Gasteiger partial charge in [0.25, 0.3) is 0 Å². The summed E-state index contributed by atoms with van der Waals surface area (Å²) in [6, 6.07) is 14.7. The third-order valence-electron chi connectivity index (χ3n) is 4.05. The van der Waals surface area contributed by atoms with Crippen molar-refractivity contribution < 1.29 is 19.4 Å². The van der Waals surface area contributed by atoms with Gasteiger partial charge in [0.05, 0.1) is 25.4 Å². The van der Waals surface area contributed by atoms with E-state index in [0.717, 1.165) is 28.6 Å². The zero-order valence-electron chi connectivity index (χ0n) is 15.4. The van der Waals surface area contributed by atoms with E-state index in [-0.39, 0.29) is 12.3 Å². The maximum absolute atomic E-state index is 12.7. The summed E-state index contributed by atoms with van der Waals surface area (Å²) in [7, 11) is 1.59. The quantitative estimate of drug-likeness (QED) is 0.596. The van der Waals surface area contributed by atoms with Gasteiger partial charge in [-0.15, -0.1) is 5.10 Å². The van der Waals surface area contributed by atoms with Crippen LogP contribution in [0.5, 0.6) is 5.75 Å². The van der Waals surface area contributed by atoms with E-state index < -0.39 is 11.2 Å². The monoisotopic (exact) mass is 397 g/mol. The number of amidine groups is 1. The molecule has 3 rings (SSSR count). The zero-order chi connectivity index (χ0) is 20.1. The first-order chi connectivity index (χ1) is 13.5. The second kappa shape index (κ2) is 8.71. The van der Waals surface area contributed by atoms with Gasteiger partial charge in [-0.25, -0.2) is 0 Å². The Kier molecular flexibility index (Phi) is 6.10. The highest BCUT2D eigenvalue weighted by atomic mass is 32.2. The Bertz CT molecular complexity index is 923. The van der Waals surface area contributed by atoms with Crippen LogP contribution >= 0.6 is 11.8 Å². The molecule has 1 fully saturated rings. The van der Waals surface area contributed by atoms with E-state index >= 15 is 0 Å². The number of carboxylic acid groups (broad SMARTS) is 1. The molecule has 0 spiro atoms. The number of benzene rings is 2. The summed E-state index contributed by atoms with van der Waals surface area (Å²) >= 11 is 1.11. The Hall–Kier alpha value is -3.13. The van der Waals surface area contributed by atoms with Crippen molar-refractivity contribution in [3.63, 3.8) is 0 Å². The minimum atomic E-state index is -1.03. The molecule has 0 saturated carbocycles. The van der Waals surface area contributed by atoms with Gasteiger partial charge in [0.15, 0.2) is 5.17 Å². The second-order valence-corrected chi connectivity index (χ2v) is 7.28. The lowest BCUT2D eigenvalue weighted by Gasteiger charge is -2.15. The summed E-state index contributed by atoms with van der Waals surface area (Å²) in [6.07, 6.45) is 1.29. The van der Waals surface area contributed by atoms with Gasteiger partial charge in [-0.3, -0.25) is 14.5 Å². The number of hydrogen-bond acceptors (Lipinski definition) is 6. The molecule has 0 bridgehead atoms. The van der Waals surface area contributed by atoms with E-state index in [1.165, 1.54) is 4.90 Å². The fourth-order valence-electron chi connectivity index (χ4n) is 2.59. The Balaban J connectivity index is 1.86. The van der Waals surface area contributed by atoms with Crippen LogP contribution in [0.3, 0.4) is 0 Å².